The molecule has 7 nitrogen and oxygen atoms in total. The van der Waals surface area contributed by atoms with Crippen LogP contribution in [0.2, 0.25) is 0 Å². The molecule has 9 heteroatoms. The summed E-state index contributed by atoms with van der Waals surface area (Å²) in [4.78, 5) is 0. The van der Waals surface area contributed by atoms with Crippen molar-refractivity contribution < 1.29 is 58.1 Å². The summed E-state index contributed by atoms with van der Waals surface area (Å²) in [5.41, 5.74) is 0. The van der Waals surface area contributed by atoms with Gasteiger partial charge in [0.1, 0.15) is 0 Å². The smallest absolute Gasteiger partial charge is 0.852 e. The first-order valence-corrected chi connectivity index (χ1v) is 9.85. The van der Waals surface area contributed by atoms with Crippen molar-refractivity contribution in [3.8, 4) is 0 Å². The first kappa shape index (κ1) is 58.1. The monoisotopic (exact) mass is 687 g/mol. The average molecular weight is 687 g/mol. The predicted molar refractivity (Wildman–Crippen MR) is 123 cm³/mol. The molecule has 0 aromatic heterocycles. The van der Waals surface area contributed by atoms with Crippen LogP contribution < -0.4 is 10.2 Å². The third kappa shape index (κ3) is 6660. The van der Waals surface area contributed by atoms with Crippen molar-refractivity contribution in [3.63, 3.8) is 0 Å². The molecule has 0 unspecified atom stereocenters. The van der Waals surface area contributed by atoms with E-state index >= 15 is 0 Å². The summed E-state index contributed by atoms with van der Waals surface area (Å²) in [6, 6.07) is 0. The first-order valence-electron chi connectivity index (χ1n) is 9.85. The summed E-state index contributed by atoms with van der Waals surface area (Å²) in [6.45, 7) is 23.7. The normalized spacial score (nSPS) is 8.40. The van der Waals surface area contributed by atoms with Crippen LogP contribution in [0, 0.1) is 0 Å². The maximum atomic E-state index is 9.53. The zero-order chi connectivity index (χ0) is 25.0. The van der Waals surface area contributed by atoms with Crippen molar-refractivity contribution in [1.29, 1.82) is 0 Å². The van der Waals surface area contributed by atoms with E-state index in [4.69, 9.17) is 25.5 Å². The zero-order valence-electron chi connectivity index (χ0n) is 22.2. The van der Waals surface area contributed by atoms with Crippen molar-refractivity contribution in [1.82, 2.24) is 0 Å². The Morgan fingerprint density at radius 3 is 0.367 bits per heavy atom. The van der Waals surface area contributed by atoms with Crippen molar-refractivity contribution in [2.75, 3.05) is 0 Å². The summed E-state index contributed by atoms with van der Waals surface area (Å²) in [6.07, 6.45) is -1.67. The molecule has 0 atom stereocenters. The molecule has 0 heterocycles. The molecule has 0 aromatic rings. The van der Waals surface area contributed by atoms with Crippen LogP contribution in [-0.4, -0.2) is 114 Å². The Morgan fingerprint density at radius 1 is 0.367 bits per heavy atom. The molecule has 0 spiro atoms. The van der Waals surface area contributed by atoms with Crippen LogP contribution in [0.25, 0.3) is 0 Å². The fourth-order valence-corrected chi connectivity index (χ4v) is 0. The van der Waals surface area contributed by atoms with E-state index < -0.39 is 12.2 Å². The van der Waals surface area contributed by atoms with E-state index in [0.717, 1.165) is 0 Å². The van der Waals surface area contributed by atoms with E-state index in [-0.39, 0.29) is 98.4 Å². The standard InChI is InChI=1S/5C3H8O.2C3H7O.Sr.Ta/c7*1-3(2)4;;/h5*3-4H,1-2H3;2*3H,1-2H3;;/q;;;;;2*-1;+2;. The minimum atomic E-state index is -0.417. The van der Waals surface area contributed by atoms with Gasteiger partial charge in [0.05, 0.1) is 0 Å². The molecule has 187 valence electrons. The fraction of sp³-hybridized carbons (Fsp3) is 1.00. The van der Waals surface area contributed by atoms with Crippen molar-refractivity contribution >= 4 is 45.5 Å². The first-order chi connectivity index (χ1) is 12.1. The molecule has 0 aromatic carbocycles. The molecule has 0 aliphatic rings. The van der Waals surface area contributed by atoms with Gasteiger partial charge in [0, 0.05) is 52.9 Å². The third-order valence-electron chi connectivity index (χ3n) is 0. The van der Waals surface area contributed by atoms with Gasteiger partial charge in [-0.25, -0.2) is 0 Å². The van der Waals surface area contributed by atoms with Crippen LogP contribution in [-0.2, 0) is 22.4 Å². The van der Waals surface area contributed by atoms with Gasteiger partial charge in [-0.1, -0.05) is 27.7 Å². The zero-order valence-corrected chi connectivity index (χ0v) is 28.9. The molecule has 0 fully saturated rings. The maximum Gasteiger partial charge on any atom is 2.00 e. The van der Waals surface area contributed by atoms with Gasteiger partial charge in [-0.15, -0.1) is 12.2 Å². The van der Waals surface area contributed by atoms with Crippen LogP contribution in [0.5, 0.6) is 0 Å². The summed E-state index contributed by atoms with van der Waals surface area (Å²) >= 11 is 0. The Labute approximate surface area is 241 Å². The summed E-state index contributed by atoms with van der Waals surface area (Å²) in [5.74, 6) is 0. The van der Waals surface area contributed by atoms with E-state index in [1.165, 1.54) is 0 Å². The van der Waals surface area contributed by atoms with Gasteiger partial charge in [0.2, 0.25) is 0 Å². The van der Waals surface area contributed by atoms with Crippen molar-refractivity contribution in [2.45, 2.75) is 140 Å². The van der Waals surface area contributed by atoms with Crippen LogP contribution in [0.4, 0.5) is 0 Å². The van der Waals surface area contributed by atoms with Gasteiger partial charge >= 0.3 is 45.5 Å². The van der Waals surface area contributed by atoms with E-state index in [1.54, 1.807) is 96.9 Å². The Bertz CT molecular complexity index is 128. The Morgan fingerprint density at radius 2 is 0.367 bits per heavy atom. The number of hydrogen-bond donors (Lipinski definition) is 5. The molecular formula is C21H54O7SrTa. The fourth-order valence-electron chi connectivity index (χ4n) is 0. The topological polar surface area (TPSA) is 147 Å². The van der Waals surface area contributed by atoms with Crippen LogP contribution in [0.15, 0.2) is 0 Å². The van der Waals surface area contributed by atoms with E-state index in [9.17, 15) is 10.2 Å². The van der Waals surface area contributed by atoms with E-state index in [0.29, 0.717) is 0 Å². The Balaban J connectivity index is -0.0000000242. The molecule has 0 saturated carbocycles. The molecule has 30 heavy (non-hydrogen) atoms. The molecule has 5 N–H and O–H groups in total. The molecule has 0 aliphatic heterocycles. The second-order valence-electron chi connectivity index (χ2n) is 7.57. The molecule has 0 bridgehead atoms. The number of rotatable bonds is 0. The van der Waals surface area contributed by atoms with Crippen LogP contribution in [0.1, 0.15) is 96.9 Å². The third-order valence-corrected chi connectivity index (χ3v) is 0. The molecule has 1 radical (unpaired) electrons. The quantitative estimate of drug-likeness (QED) is 0.240. The molecule has 0 saturated heterocycles. The maximum absolute atomic E-state index is 9.53. The minimum Gasteiger partial charge on any atom is -0.852 e. The second-order valence-corrected chi connectivity index (χ2v) is 7.57. The molecule has 0 rings (SSSR count). The number of hydrogen-bond acceptors (Lipinski definition) is 7. The van der Waals surface area contributed by atoms with Gasteiger partial charge < -0.3 is 35.7 Å². The predicted octanol–water partition coefficient (Wildman–Crippen LogP) is 1.06. The SMILES string of the molecule is CC(C)O.CC(C)O.CC(C)O.CC(C)O.CC(C)O.CC(C)[O-].CC(C)[O-].[Sr+2].[Ta]. The van der Waals surface area contributed by atoms with Crippen LogP contribution >= 0.6 is 0 Å². The summed E-state index contributed by atoms with van der Waals surface area (Å²) in [7, 11) is 0. The van der Waals surface area contributed by atoms with Gasteiger partial charge in [0.15, 0.2) is 0 Å². The average Bonchev–Trinajstić information content (AvgIpc) is 2.20. The van der Waals surface area contributed by atoms with Gasteiger partial charge in [-0.2, -0.15) is 0 Å². The van der Waals surface area contributed by atoms with E-state index in [1.807, 2.05) is 0 Å². The number of aliphatic hydroxyl groups excluding tert-OH is 5. The largest absolute Gasteiger partial charge is 2.00 e. The van der Waals surface area contributed by atoms with Crippen LogP contribution in [0.3, 0.4) is 0 Å². The Kier molecular flexibility index (Phi) is 102. The molecule has 0 amide bonds. The molecule has 0 aliphatic carbocycles. The van der Waals surface area contributed by atoms with Crippen molar-refractivity contribution in [2.24, 2.45) is 0 Å². The molecular weight excluding hydrogens is 633 g/mol. The number of aliphatic hydroxyl groups is 5. The summed E-state index contributed by atoms with van der Waals surface area (Å²) < 4.78 is 0. The van der Waals surface area contributed by atoms with E-state index in [2.05, 4.69) is 0 Å². The van der Waals surface area contributed by atoms with Gasteiger partial charge in [-0.05, 0) is 69.2 Å². The second kappa shape index (κ2) is 52.7. The van der Waals surface area contributed by atoms with Gasteiger partial charge in [0.25, 0.3) is 0 Å². The van der Waals surface area contributed by atoms with Gasteiger partial charge in [-0.3, -0.25) is 0 Å². The Hall–Kier alpha value is 1.94. The summed E-state index contributed by atoms with van der Waals surface area (Å²) in [5, 5.41) is 59.3. The van der Waals surface area contributed by atoms with Crippen molar-refractivity contribution in [3.05, 3.63) is 0 Å². The minimum absolute atomic E-state index is 0.